The minimum Gasteiger partial charge on any atom is -0.488 e. The van der Waals surface area contributed by atoms with Gasteiger partial charge in [0.05, 0.1) is 6.54 Å². The van der Waals surface area contributed by atoms with E-state index in [1.54, 1.807) is 29.4 Å². The molecule has 1 aromatic heterocycles. The van der Waals surface area contributed by atoms with E-state index in [2.05, 4.69) is 4.98 Å². The highest BCUT2D eigenvalue weighted by Gasteiger charge is 2.26. The highest BCUT2D eigenvalue weighted by molar-refractivity contribution is 5.92. The van der Waals surface area contributed by atoms with Crippen molar-refractivity contribution in [2.24, 2.45) is 0 Å². The van der Waals surface area contributed by atoms with E-state index in [0.717, 1.165) is 23.5 Å². The molecule has 25 heavy (non-hydrogen) atoms. The van der Waals surface area contributed by atoms with Crippen LogP contribution in [0.15, 0.2) is 48.8 Å². The Morgan fingerprint density at radius 3 is 2.92 bits per heavy atom. The lowest BCUT2D eigenvalue weighted by Crippen LogP contribution is -2.29. The number of amides is 1. The highest BCUT2D eigenvalue weighted by atomic mass is 16.7. The van der Waals surface area contributed by atoms with Crippen LogP contribution < -0.4 is 14.2 Å². The van der Waals surface area contributed by atoms with Gasteiger partial charge in [0.25, 0.3) is 0 Å². The quantitative estimate of drug-likeness (QED) is 0.802. The summed E-state index contributed by atoms with van der Waals surface area (Å²) in [5, 5.41) is 0. The Morgan fingerprint density at radius 1 is 1.20 bits per heavy atom. The lowest BCUT2D eigenvalue weighted by atomic mass is 10.2. The Labute approximate surface area is 145 Å². The summed E-state index contributed by atoms with van der Waals surface area (Å²) in [5.74, 6) is 2.21. The topological polar surface area (TPSA) is 60.9 Å². The van der Waals surface area contributed by atoms with Crippen molar-refractivity contribution in [3.05, 3.63) is 54.4 Å². The van der Waals surface area contributed by atoms with Gasteiger partial charge in [-0.1, -0.05) is 6.07 Å². The maximum Gasteiger partial charge on any atom is 0.246 e. The molecule has 6 nitrogen and oxygen atoms in total. The number of carbonyl (C=O) groups excluding carboxylic acids is 1. The molecule has 2 aliphatic rings. The van der Waals surface area contributed by atoms with Gasteiger partial charge in [-0.3, -0.25) is 9.78 Å². The summed E-state index contributed by atoms with van der Waals surface area (Å²) in [6.45, 7) is 1.53. The maximum absolute atomic E-state index is 12.4. The molecule has 3 heterocycles. The summed E-state index contributed by atoms with van der Waals surface area (Å²) in [5.41, 5.74) is 0.904. The maximum atomic E-state index is 12.4. The van der Waals surface area contributed by atoms with Gasteiger partial charge >= 0.3 is 0 Å². The predicted molar refractivity (Wildman–Crippen MR) is 91.4 cm³/mol. The number of ether oxygens (including phenoxy) is 3. The number of hydrogen-bond donors (Lipinski definition) is 0. The van der Waals surface area contributed by atoms with E-state index in [1.807, 2.05) is 30.3 Å². The van der Waals surface area contributed by atoms with Crippen molar-refractivity contribution in [2.75, 3.05) is 19.9 Å². The number of likely N-dealkylation sites (tertiary alicyclic amines) is 1. The SMILES string of the molecule is O=C(/C=C/c1ccc2c(c1)OCO2)N1CC[C@@H](Oc2ccncc2)C1. The molecular formula is C19H18N2O4. The van der Waals surface area contributed by atoms with Gasteiger partial charge in [0.15, 0.2) is 11.5 Å². The molecule has 1 saturated heterocycles. The summed E-state index contributed by atoms with van der Waals surface area (Å²) in [7, 11) is 0. The van der Waals surface area contributed by atoms with Crippen molar-refractivity contribution in [3.8, 4) is 17.2 Å². The molecule has 0 unspecified atom stereocenters. The number of fused-ring (bicyclic) bond motifs is 1. The summed E-state index contributed by atoms with van der Waals surface area (Å²) < 4.78 is 16.5. The molecular weight excluding hydrogens is 320 g/mol. The van der Waals surface area contributed by atoms with E-state index in [-0.39, 0.29) is 18.8 Å². The van der Waals surface area contributed by atoms with Gasteiger partial charge in [-0.25, -0.2) is 0 Å². The molecule has 128 valence electrons. The Morgan fingerprint density at radius 2 is 2.04 bits per heavy atom. The fraction of sp³-hybridized carbons (Fsp3) is 0.263. The van der Waals surface area contributed by atoms with Gasteiger partial charge in [-0.15, -0.1) is 0 Å². The van der Waals surface area contributed by atoms with Gasteiger partial charge in [0.1, 0.15) is 11.9 Å². The Balaban J connectivity index is 1.34. The molecule has 0 bridgehead atoms. The first kappa shape index (κ1) is 15.5. The molecule has 1 fully saturated rings. The molecule has 0 spiro atoms. The molecule has 0 aliphatic carbocycles. The number of benzene rings is 1. The molecule has 0 saturated carbocycles. The van der Waals surface area contributed by atoms with Crippen molar-refractivity contribution in [2.45, 2.75) is 12.5 Å². The van der Waals surface area contributed by atoms with Crippen molar-refractivity contribution in [3.63, 3.8) is 0 Å². The highest BCUT2D eigenvalue weighted by Crippen LogP contribution is 2.32. The number of carbonyl (C=O) groups is 1. The third-order valence-electron chi connectivity index (χ3n) is 4.22. The Hall–Kier alpha value is -3.02. The van der Waals surface area contributed by atoms with Crippen molar-refractivity contribution < 1.29 is 19.0 Å². The number of nitrogens with zero attached hydrogens (tertiary/aromatic N) is 2. The third-order valence-corrected chi connectivity index (χ3v) is 4.22. The van der Waals surface area contributed by atoms with Gasteiger partial charge in [0, 0.05) is 31.4 Å². The fourth-order valence-electron chi connectivity index (χ4n) is 2.92. The van der Waals surface area contributed by atoms with E-state index in [9.17, 15) is 4.79 Å². The molecule has 0 N–H and O–H groups in total. The summed E-state index contributed by atoms with van der Waals surface area (Å²) in [4.78, 5) is 18.1. The monoisotopic (exact) mass is 338 g/mol. The summed E-state index contributed by atoms with van der Waals surface area (Å²) in [6, 6.07) is 9.26. The van der Waals surface area contributed by atoms with E-state index in [0.29, 0.717) is 18.8 Å². The van der Waals surface area contributed by atoms with E-state index < -0.39 is 0 Å². The predicted octanol–water partition coefficient (Wildman–Crippen LogP) is 2.50. The molecule has 1 aromatic carbocycles. The zero-order valence-corrected chi connectivity index (χ0v) is 13.6. The lowest BCUT2D eigenvalue weighted by molar-refractivity contribution is -0.125. The van der Waals surface area contributed by atoms with Crippen LogP contribution >= 0.6 is 0 Å². The number of hydrogen-bond acceptors (Lipinski definition) is 5. The molecule has 2 aliphatic heterocycles. The molecule has 0 radical (unpaired) electrons. The second-order valence-electron chi connectivity index (χ2n) is 5.94. The summed E-state index contributed by atoms with van der Waals surface area (Å²) in [6.07, 6.45) is 7.62. The fourth-order valence-corrected chi connectivity index (χ4v) is 2.92. The molecule has 2 aromatic rings. The minimum absolute atomic E-state index is 0.0153. The van der Waals surface area contributed by atoms with Crippen LogP contribution in [-0.4, -0.2) is 41.8 Å². The van der Waals surface area contributed by atoms with Crippen LogP contribution in [0.1, 0.15) is 12.0 Å². The van der Waals surface area contributed by atoms with Crippen LogP contribution in [-0.2, 0) is 4.79 Å². The van der Waals surface area contributed by atoms with Gasteiger partial charge in [0.2, 0.25) is 12.7 Å². The normalized spacial score (nSPS) is 18.7. The number of pyridine rings is 1. The average Bonchev–Trinajstić information content (AvgIpc) is 3.29. The standard InChI is InChI=1S/C19H18N2O4/c22-19(4-2-14-1-3-17-18(11-14)24-13-23-17)21-10-7-16(12-21)25-15-5-8-20-9-6-15/h1-6,8-9,11,16H,7,10,12-13H2/b4-2+/t16-/m1/s1. The third kappa shape index (κ3) is 3.57. The Kier molecular flexibility index (Phi) is 4.24. The van der Waals surface area contributed by atoms with Crippen molar-refractivity contribution in [1.82, 2.24) is 9.88 Å². The zero-order valence-electron chi connectivity index (χ0n) is 13.6. The van der Waals surface area contributed by atoms with Crippen LogP contribution in [0.3, 0.4) is 0 Å². The molecule has 1 amide bonds. The van der Waals surface area contributed by atoms with Crippen molar-refractivity contribution in [1.29, 1.82) is 0 Å². The van der Waals surface area contributed by atoms with Gasteiger partial charge in [-0.2, -0.15) is 0 Å². The second-order valence-corrected chi connectivity index (χ2v) is 5.94. The van der Waals surface area contributed by atoms with Crippen LogP contribution in [0, 0.1) is 0 Å². The summed E-state index contributed by atoms with van der Waals surface area (Å²) >= 11 is 0. The van der Waals surface area contributed by atoms with Gasteiger partial charge in [-0.05, 0) is 35.9 Å². The number of rotatable bonds is 4. The van der Waals surface area contributed by atoms with E-state index in [4.69, 9.17) is 14.2 Å². The number of aromatic nitrogens is 1. The average molecular weight is 338 g/mol. The van der Waals surface area contributed by atoms with Crippen LogP contribution in [0.25, 0.3) is 6.08 Å². The molecule has 6 heteroatoms. The lowest BCUT2D eigenvalue weighted by Gasteiger charge is -2.15. The Bertz CT molecular complexity index is 791. The van der Waals surface area contributed by atoms with Crippen LogP contribution in [0.2, 0.25) is 0 Å². The first-order valence-corrected chi connectivity index (χ1v) is 8.21. The molecule has 1 atom stereocenters. The van der Waals surface area contributed by atoms with Crippen LogP contribution in [0.4, 0.5) is 0 Å². The molecule has 4 rings (SSSR count). The minimum atomic E-state index is -0.0153. The smallest absolute Gasteiger partial charge is 0.246 e. The largest absolute Gasteiger partial charge is 0.488 e. The van der Waals surface area contributed by atoms with Crippen LogP contribution in [0.5, 0.6) is 17.2 Å². The van der Waals surface area contributed by atoms with E-state index >= 15 is 0 Å². The van der Waals surface area contributed by atoms with Gasteiger partial charge < -0.3 is 19.1 Å². The second kappa shape index (κ2) is 6.84. The van der Waals surface area contributed by atoms with Crippen molar-refractivity contribution >= 4 is 12.0 Å². The zero-order chi connectivity index (χ0) is 17.1. The first-order valence-electron chi connectivity index (χ1n) is 8.21. The first-order chi connectivity index (χ1) is 12.3. The van der Waals surface area contributed by atoms with E-state index in [1.165, 1.54) is 0 Å².